The number of amides is 1. The number of nitrogens with zero attached hydrogens (tertiary/aromatic N) is 4. The predicted octanol–water partition coefficient (Wildman–Crippen LogP) is 1.60. The number of carbonyl (C=O) groups excluding carboxylic acids is 1. The molecule has 1 atom stereocenters. The van der Waals surface area contributed by atoms with Gasteiger partial charge in [-0.3, -0.25) is 14.4 Å². The fraction of sp³-hybridized carbons (Fsp3) is 0.789. The van der Waals surface area contributed by atoms with Gasteiger partial charge in [-0.15, -0.1) is 0 Å². The van der Waals surface area contributed by atoms with Crippen molar-refractivity contribution in [3.05, 3.63) is 18.0 Å². The lowest BCUT2D eigenvalue weighted by atomic mass is 9.71. The van der Waals surface area contributed by atoms with Gasteiger partial charge in [0, 0.05) is 57.5 Å². The zero-order valence-corrected chi connectivity index (χ0v) is 15.2. The van der Waals surface area contributed by atoms with Crippen molar-refractivity contribution in [2.24, 2.45) is 11.3 Å². The summed E-state index contributed by atoms with van der Waals surface area (Å²) in [5, 5.41) is 14.3. The average Bonchev–Trinajstić information content (AvgIpc) is 3.19. The second kappa shape index (κ2) is 6.72. The Morgan fingerprint density at radius 2 is 2.12 bits per heavy atom. The lowest BCUT2D eigenvalue weighted by Gasteiger charge is -2.43. The molecule has 1 aromatic heterocycles. The summed E-state index contributed by atoms with van der Waals surface area (Å²) in [4.78, 5) is 17.3. The number of aliphatic hydroxyl groups is 1. The number of likely N-dealkylation sites (tertiary alicyclic amines) is 2. The Hall–Kier alpha value is -1.40. The van der Waals surface area contributed by atoms with E-state index in [4.69, 9.17) is 0 Å². The molecule has 0 bridgehead atoms. The van der Waals surface area contributed by atoms with Crippen LogP contribution < -0.4 is 0 Å². The SMILES string of the molecule is CCn1ccc(C(=O)N2CCC3(CC2)CN(C2CCC2)CC3CO)n1. The van der Waals surface area contributed by atoms with Gasteiger partial charge in [0.15, 0.2) is 0 Å². The van der Waals surface area contributed by atoms with Gasteiger partial charge in [-0.25, -0.2) is 0 Å². The third-order valence-electron chi connectivity index (χ3n) is 6.88. The smallest absolute Gasteiger partial charge is 0.274 e. The van der Waals surface area contributed by atoms with E-state index in [0.29, 0.717) is 11.6 Å². The Balaban J connectivity index is 1.40. The fourth-order valence-corrected chi connectivity index (χ4v) is 4.89. The van der Waals surface area contributed by atoms with Gasteiger partial charge < -0.3 is 10.0 Å². The maximum absolute atomic E-state index is 12.7. The quantitative estimate of drug-likeness (QED) is 0.900. The summed E-state index contributed by atoms with van der Waals surface area (Å²) >= 11 is 0. The first kappa shape index (κ1) is 17.0. The van der Waals surface area contributed by atoms with Gasteiger partial charge in [0.1, 0.15) is 5.69 Å². The summed E-state index contributed by atoms with van der Waals surface area (Å²) < 4.78 is 1.80. The van der Waals surface area contributed by atoms with Crippen LogP contribution in [0.3, 0.4) is 0 Å². The van der Waals surface area contributed by atoms with E-state index in [1.54, 1.807) is 4.68 Å². The Morgan fingerprint density at radius 3 is 2.68 bits per heavy atom. The Labute approximate surface area is 149 Å². The number of hydrogen-bond acceptors (Lipinski definition) is 4. The minimum absolute atomic E-state index is 0.0523. The molecule has 1 aromatic rings. The lowest BCUT2D eigenvalue weighted by Crippen LogP contribution is -2.47. The molecule has 1 saturated carbocycles. The van der Waals surface area contributed by atoms with E-state index in [9.17, 15) is 9.90 Å². The van der Waals surface area contributed by atoms with E-state index in [-0.39, 0.29) is 17.9 Å². The van der Waals surface area contributed by atoms with Crippen LogP contribution in [0.5, 0.6) is 0 Å². The maximum Gasteiger partial charge on any atom is 0.274 e. The molecule has 2 saturated heterocycles. The van der Waals surface area contributed by atoms with Gasteiger partial charge in [0.25, 0.3) is 5.91 Å². The number of hydrogen-bond donors (Lipinski definition) is 1. The topological polar surface area (TPSA) is 61.6 Å². The van der Waals surface area contributed by atoms with Crippen molar-refractivity contribution in [2.75, 3.05) is 32.8 Å². The van der Waals surface area contributed by atoms with Crippen LogP contribution in [0.25, 0.3) is 0 Å². The number of rotatable bonds is 4. The van der Waals surface area contributed by atoms with Crippen LogP contribution in [0.2, 0.25) is 0 Å². The molecule has 1 spiro atoms. The van der Waals surface area contributed by atoms with E-state index in [0.717, 1.165) is 51.6 Å². The van der Waals surface area contributed by atoms with E-state index >= 15 is 0 Å². The summed E-state index contributed by atoms with van der Waals surface area (Å²) in [5.74, 6) is 0.418. The predicted molar refractivity (Wildman–Crippen MR) is 95.3 cm³/mol. The summed E-state index contributed by atoms with van der Waals surface area (Å²) in [6.45, 7) is 6.80. The van der Waals surface area contributed by atoms with E-state index in [1.165, 1.54) is 19.3 Å². The molecule has 0 aromatic carbocycles. The van der Waals surface area contributed by atoms with Gasteiger partial charge in [0.2, 0.25) is 0 Å². The van der Waals surface area contributed by atoms with Crippen LogP contribution in [-0.4, -0.2) is 69.4 Å². The van der Waals surface area contributed by atoms with Gasteiger partial charge in [0.05, 0.1) is 0 Å². The number of piperidine rings is 1. The molecular formula is C19H30N4O2. The molecule has 6 heteroatoms. The summed E-state index contributed by atoms with van der Waals surface area (Å²) in [6.07, 6.45) is 7.86. The Bertz CT molecular complexity index is 617. The third kappa shape index (κ3) is 2.99. The fourth-order valence-electron chi connectivity index (χ4n) is 4.89. The van der Waals surface area contributed by atoms with Crippen LogP contribution in [0.15, 0.2) is 12.3 Å². The molecule has 0 radical (unpaired) electrons. The van der Waals surface area contributed by atoms with E-state index < -0.39 is 0 Å². The van der Waals surface area contributed by atoms with Gasteiger partial charge in [-0.2, -0.15) is 5.10 Å². The third-order valence-corrected chi connectivity index (χ3v) is 6.88. The molecule has 1 N–H and O–H groups in total. The molecule has 4 rings (SSSR count). The van der Waals surface area contributed by atoms with Crippen LogP contribution >= 0.6 is 0 Å². The number of aromatic nitrogens is 2. The van der Waals surface area contributed by atoms with Gasteiger partial charge in [-0.1, -0.05) is 6.42 Å². The maximum atomic E-state index is 12.7. The molecule has 2 aliphatic heterocycles. The molecule has 3 aliphatic rings. The van der Waals surface area contributed by atoms with Crippen molar-refractivity contribution < 1.29 is 9.90 Å². The highest BCUT2D eigenvalue weighted by atomic mass is 16.3. The minimum Gasteiger partial charge on any atom is -0.396 e. The second-order valence-corrected chi connectivity index (χ2v) is 8.10. The van der Waals surface area contributed by atoms with Crippen molar-refractivity contribution in [3.63, 3.8) is 0 Å². The van der Waals surface area contributed by atoms with Crippen molar-refractivity contribution in [2.45, 2.75) is 51.6 Å². The Kier molecular flexibility index (Phi) is 4.58. The molecular weight excluding hydrogens is 316 g/mol. The Morgan fingerprint density at radius 1 is 1.36 bits per heavy atom. The minimum atomic E-state index is 0.0523. The van der Waals surface area contributed by atoms with E-state index in [1.807, 2.05) is 24.1 Å². The molecule has 1 aliphatic carbocycles. The average molecular weight is 346 g/mol. The highest BCUT2D eigenvalue weighted by molar-refractivity contribution is 5.92. The molecule has 1 amide bonds. The molecule has 138 valence electrons. The normalized spacial score (nSPS) is 27.0. The largest absolute Gasteiger partial charge is 0.396 e. The molecule has 1 unspecified atom stereocenters. The first-order valence-corrected chi connectivity index (χ1v) is 9.83. The number of aryl methyl sites for hydroxylation is 1. The van der Waals surface area contributed by atoms with Crippen LogP contribution in [0.4, 0.5) is 0 Å². The summed E-state index contributed by atoms with van der Waals surface area (Å²) in [5.41, 5.74) is 0.753. The van der Waals surface area contributed by atoms with Crippen molar-refractivity contribution in [1.82, 2.24) is 19.6 Å². The molecule has 6 nitrogen and oxygen atoms in total. The second-order valence-electron chi connectivity index (χ2n) is 8.10. The first-order valence-electron chi connectivity index (χ1n) is 9.83. The van der Waals surface area contributed by atoms with Crippen LogP contribution in [-0.2, 0) is 6.54 Å². The van der Waals surface area contributed by atoms with Gasteiger partial charge >= 0.3 is 0 Å². The van der Waals surface area contributed by atoms with Crippen LogP contribution in [0.1, 0.15) is 49.5 Å². The van der Waals surface area contributed by atoms with Crippen molar-refractivity contribution in [3.8, 4) is 0 Å². The highest BCUT2D eigenvalue weighted by Crippen LogP contribution is 2.46. The van der Waals surface area contributed by atoms with E-state index in [2.05, 4.69) is 10.00 Å². The molecule has 25 heavy (non-hydrogen) atoms. The summed E-state index contributed by atoms with van der Waals surface area (Å²) in [6, 6.07) is 2.56. The lowest BCUT2D eigenvalue weighted by molar-refractivity contribution is 0.0381. The number of carbonyl (C=O) groups is 1. The monoisotopic (exact) mass is 346 g/mol. The molecule has 3 fully saturated rings. The zero-order valence-electron chi connectivity index (χ0n) is 15.2. The summed E-state index contributed by atoms with van der Waals surface area (Å²) in [7, 11) is 0. The van der Waals surface area contributed by atoms with Crippen molar-refractivity contribution in [1.29, 1.82) is 0 Å². The zero-order chi connectivity index (χ0) is 17.4. The van der Waals surface area contributed by atoms with Crippen molar-refractivity contribution >= 4 is 5.91 Å². The van der Waals surface area contributed by atoms with Crippen LogP contribution in [0, 0.1) is 11.3 Å². The number of aliphatic hydroxyl groups excluding tert-OH is 1. The first-order chi connectivity index (χ1) is 12.1. The van der Waals surface area contributed by atoms with Gasteiger partial charge in [-0.05, 0) is 44.1 Å². The standard InChI is InChI=1S/C19H30N4O2/c1-2-23-9-6-17(20-23)18(25)21-10-7-19(8-11-21)14-22(12-15(19)13-24)16-4-3-5-16/h6,9,15-16,24H,2-5,7-8,10-14H2,1H3. The highest BCUT2D eigenvalue weighted by Gasteiger charge is 2.50. The molecule has 3 heterocycles.